The topological polar surface area (TPSA) is 105 Å². The Morgan fingerprint density at radius 1 is 1.37 bits per heavy atom. The number of rotatable bonds is 3. The van der Waals surface area contributed by atoms with Crippen LogP contribution in [0, 0.1) is 17.0 Å². The molecule has 0 aliphatic rings. The van der Waals surface area contributed by atoms with E-state index in [4.69, 9.17) is 0 Å². The molecule has 2 aromatic rings. The zero-order chi connectivity index (χ0) is 14.0. The van der Waals surface area contributed by atoms with Crippen LogP contribution in [0.4, 0.5) is 11.4 Å². The molecule has 1 aromatic carbocycles. The van der Waals surface area contributed by atoms with Gasteiger partial charge in [-0.05, 0) is 19.1 Å². The Kier molecular flexibility index (Phi) is 3.23. The first kappa shape index (κ1) is 12.7. The predicted octanol–water partition coefficient (Wildman–Crippen LogP) is 1.30. The Bertz CT molecular complexity index is 620. The highest BCUT2D eigenvalue weighted by atomic mass is 16.6. The molecule has 1 amide bonds. The number of non-ortho nitro benzene ring substituents is 1. The van der Waals surface area contributed by atoms with E-state index in [9.17, 15) is 14.9 Å². The number of nitrogens with one attached hydrogen (secondary N) is 1. The monoisotopic (exact) mass is 261 g/mol. The summed E-state index contributed by atoms with van der Waals surface area (Å²) >= 11 is 0. The molecule has 0 atom stereocenters. The Labute approximate surface area is 108 Å². The molecule has 2 rings (SSSR count). The molecule has 19 heavy (non-hydrogen) atoms. The molecule has 0 unspecified atom stereocenters. The number of H-pyrrole nitrogens is 1. The van der Waals surface area contributed by atoms with Gasteiger partial charge in [-0.3, -0.25) is 20.0 Å². The van der Waals surface area contributed by atoms with Crippen molar-refractivity contribution in [1.82, 2.24) is 15.2 Å². The van der Waals surface area contributed by atoms with Crippen molar-refractivity contribution in [3.8, 4) is 0 Å². The lowest BCUT2D eigenvalue weighted by molar-refractivity contribution is -0.384. The fourth-order valence-electron chi connectivity index (χ4n) is 1.50. The zero-order valence-corrected chi connectivity index (χ0v) is 10.3. The van der Waals surface area contributed by atoms with Crippen LogP contribution in [-0.2, 0) is 0 Å². The molecule has 0 aliphatic heterocycles. The standard InChI is InChI=1S/C11H11N5O3/c1-7-12-10(14-13-7)11(17)15(2)8-3-5-9(6-4-8)16(18)19/h3-6H,1-2H3,(H,12,13,14). The Hall–Kier alpha value is -2.77. The Balaban J connectivity index is 2.21. The van der Waals surface area contributed by atoms with Crippen LogP contribution in [0.5, 0.6) is 0 Å². The second kappa shape index (κ2) is 4.84. The number of hydrogen-bond acceptors (Lipinski definition) is 5. The first-order chi connectivity index (χ1) is 8.99. The lowest BCUT2D eigenvalue weighted by Crippen LogP contribution is -2.27. The van der Waals surface area contributed by atoms with Crippen LogP contribution in [0.25, 0.3) is 0 Å². The number of nitro groups is 1. The van der Waals surface area contributed by atoms with Crippen molar-refractivity contribution in [2.45, 2.75) is 6.92 Å². The maximum absolute atomic E-state index is 12.0. The molecule has 0 aliphatic carbocycles. The van der Waals surface area contributed by atoms with Crippen molar-refractivity contribution in [1.29, 1.82) is 0 Å². The van der Waals surface area contributed by atoms with E-state index in [2.05, 4.69) is 15.2 Å². The van der Waals surface area contributed by atoms with E-state index >= 15 is 0 Å². The van der Waals surface area contributed by atoms with Crippen molar-refractivity contribution < 1.29 is 9.72 Å². The minimum Gasteiger partial charge on any atom is -0.309 e. The number of nitro benzene ring substituents is 1. The molecule has 0 saturated heterocycles. The fraction of sp³-hybridized carbons (Fsp3) is 0.182. The number of nitrogens with zero attached hydrogens (tertiary/aromatic N) is 4. The molecule has 8 nitrogen and oxygen atoms in total. The van der Waals surface area contributed by atoms with Gasteiger partial charge in [0.15, 0.2) is 0 Å². The summed E-state index contributed by atoms with van der Waals surface area (Å²) in [5.74, 6) is 0.206. The van der Waals surface area contributed by atoms with E-state index in [0.717, 1.165) is 0 Å². The zero-order valence-electron chi connectivity index (χ0n) is 10.3. The van der Waals surface area contributed by atoms with E-state index in [0.29, 0.717) is 11.5 Å². The van der Waals surface area contributed by atoms with Gasteiger partial charge in [-0.1, -0.05) is 0 Å². The molecule has 98 valence electrons. The average molecular weight is 261 g/mol. The van der Waals surface area contributed by atoms with Crippen molar-refractivity contribution in [2.75, 3.05) is 11.9 Å². The maximum Gasteiger partial charge on any atom is 0.297 e. The van der Waals surface area contributed by atoms with Gasteiger partial charge in [-0.2, -0.15) is 0 Å². The van der Waals surface area contributed by atoms with Crippen LogP contribution < -0.4 is 4.90 Å². The number of anilines is 1. The summed E-state index contributed by atoms with van der Waals surface area (Å²) in [4.78, 5) is 27.3. The highest BCUT2D eigenvalue weighted by molar-refractivity contribution is 6.03. The van der Waals surface area contributed by atoms with Gasteiger partial charge >= 0.3 is 0 Å². The van der Waals surface area contributed by atoms with Crippen molar-refractivity contribution in [3.05, 3.63) is 46.0 Å². The minimum atomic E-state index is -0.496. The van der Waals surface area contributed by atoms with Gasteiger partial charge in [0.1, 0.15) is 5.82 Å². The predicted molar refractivity (Wildman–Crippen MR) is 66.9 cm³/mol. The van der Waals surface area contributed by atoms with Gasteiger partial charge in [-0.15, -0.1) is 5.10 Å². The summed E-state index contributed by atoms with van der Waals surface area (Å²) < 4.78 is 0. The van der Waals surface area contributed by atoms with Gasteiger partial charge in [0.2, 0.25) is 5.82 Å². The number of aromatic amines is 1. The molecule has 0 fully saturated rings. The van der Waals surface area contributed by atoms with Crippen LogP contribution in [-0.4, -0.2) is 33.1 Å². The molecule has 1 N–H and O–H groups in total. The normalized spacial score (nSPS) is 10.2. The van der Waals surface area contributed by atoms with E-state index in [1.54, 1.807) is 14.0 Å². The maximum atomic E-state index is 12.0. The third kappa shape index (κ3) is 2.57. The quantitative estimate of drug-likeness (QED) is 0.662. The van der Waals surface area contributed by atoms with Crippen LogP contribution in [0.1, 0.15) is 16.4 Å². The average Bonchev–Trinajstić information content (AvgIpc) is 2.84. The third-order valence-electron chi connectivity index (χ3n) is 2.54. The van der Waals surface area contributed by atoms with Crippen LogP contribution in [0.2, 0.25) is 0 Å². The highest BCUT2D eigenvalue weighted by Crippen LogP contribution is 2.19. The van der Waals surface area contributed by atoms with E-state index in [-0.39, 0.29) is 11.5 Å². The third-order valence-corrected chi connectivity index (χ3v) is 2.54. The first-order valence-corrected chi connectivity index (χ1v) is 5.40. The van der Waals surface area contributed by atoms with Crippen LogP contribution in [0.15, 0.2) is 24.3 Å². The number of aryl methyl sites for hydroxylation is 1. The Morgan fingerprint density at radius 2 is 2.00 bits per heavy atom. The number of benzene rings is 1. The molecule has 0 saturated carbocycles. The van der Waals surface area contributed by atoms with Crippen LogP contribution >= 0.6 is 0 Å². The number of carbonyl (C=O) groups excluding carboxylic acids is 1. The summed E-state index contributed by atoms with van der Waals surface area (Å²) in [6, 6.07) is 5.66. The lowest BCUT2D eigenvalue weighted by Gasteiger charge is -2.14. The van der Waals surface area contributed by atoms with Crippen molar-refractivity contribution >= 4 is 17.3 Å². The van der Waals surface area contributed by atoms with Crippen molar-refractivity contribution in [2.24, 2.45) is 0 Å². The lowest BCUT2D eigenvalue weighted by atomic mass is 10.2. The highest BCUT2D eigenvalue weighted by Gasteiger charge is 2.18. The van der Waals surface area contributed by atoms with E-state index in [1.165, 1.54) is 29.2 Å². The van der Waals surface area contributed by atoms with Gasteiger partial charge in [0, 0.05) is 24.9 Å². The van der Waals surface area contributed by atoms with Gasteiger partial charge in [0.05, 0.1) is 4.92 Å². The largest absolute Gasteiger partial charge is 0.309 e. The minimum absolute atomic E-state index is 0.0293. The number of hydrogen-bond donors (Lipinski definition) is 1. The number of aromatic nitrogens is 3. The van der Waals surface area contributed by atoms with E-state index in [1.807, 2.05) is 0 Å². The molecule has 0 bridgehead atoms. The molecule has 0 spiro atoms. The van der Waals surface area contributed by atoms with Gasteiger partial charge < -0.3 is 4.90 Å². The summed E-state index contributed by atoms with van der Waals surface area (Å²) in [7, 11) is 1.55. The van der Waals surface area contributed by atoms with E-state index < -0.39 is 10.8 Å². The molecule has 0 radical (unpaired) electrons. The smallest absolute Gasteiger partial charge is 0.297 e. The fourth-order valence-corrected chi connectivity index (χ4v) is 1.50. The number of carbonyl (C=O) groups is 1. The van der Waals surface area contributed by atoms with Gasteiger partial charge in [-0.25, -0.2) is 4.98 Å². The summed E-state index contributed by atoms with van der Waals surface area (Å²) in [6.07, 6.45) is 0. The summed E-state index contributed by atoms with van der Waals surface area (Å²) in [6.45, 7) is 1.69. The number of amides is 1. The molecular weight excluding hydrogens is 250 g/mol. The Morgan fingerprint density at radius 3 is 2.47 bits per heavy atom. The molecule has 1 heterocycles. The van der Waals surface area contributed by atoms with Crippen molar-refractivity contribution in [3.63, 3.8) is 0 Å². The molecule has 8 heteroatoms. The van der Waals surface area contributed by atoms with Gasteiger partial charge in [0.25, 0.3) is 11.6 Å². The summed E-state index contributed by atoms with van der Waals surface area (Å²) in [5, 5.41) is 16.9. The SMILES string of the molecule is Cc1nc(C(=O)N(C)c2ccc([N+](=O)[O-])cc2)n[nH]1. The van der Waals surface area contributed by atoms with Crippen LogP contribution in [0.3, 0.4) is 0 Å². The first-order valence-electron chi connectivity index (χ1n) is 5.40. The summed E-state index contributed by atoms with van der Waals surface area (Å²) in [5.41, 5.74) is 0.497. The second-order valence-corrected chi connectivity index (χ2v) is 3.88. The molecule has 1 aromatic heterocycles. The molecular formula is C11H11N5O3. The second-order valence-electron chi connectivity index (χ2n) is 3.88.